The molecule has 0 spiro atoms. The first-order chi connectivity index (χ1) is 15.6. The van der Waals surface area contributed by atoms with Gasteiger partial charge < -0.3 is 14.6 Å². The summed E-state index contributed by atoms with van der Waals surface area (Å²) in [6.07, 6.45) is 3.41. The van der Waals surface area contributed by atoms with Crippen LogP contribution < -0.4 is 14.2 Å². The van der Waals surface area contributed by atoms with Gasteiger partial charge in [-0.2, -0.15) is 5.10 Å². The summed E-state index contributed by atoms with van der Waals surface area (Å²) in [5.74, 6) is -0.680. The number of sulfonamides is 1. The molecule has 0 unspecified atom stereocenters. The maximum atomic E-state index is 13.1. The fraction of sp³-hybridized carbons (Fsp3) is 0.318. The topological polar surface area (TPSA) is 133 Å². The number of carbonyl (C=O) groups is 1. The number of hydrogen-bond donors (Lipinski definition) is 2. The molecule has 0 atom stereocenters. The highest BCUT2D eigenvalue weighted by atomic mass is 32.2. The van der Waals surface area contributed by atoms with E-state index in [0.29, 0.717) is 17.7 Å². The minimum absolute atomic E-state index is 0.0629. The van der Waals surface area contributed by atoms with E-state index in [4.69, 9.17) is 9.47 Å². The number of aliphatic hydroxyl groups excluding tert-OH is 1. The van der Waals surface area contributed by atoms with Crippen molar-refractivity contribution < 1.29 is 27.8 Å². The van der Waals surface area contributed by atoms with Gasteiger partial charge in [0.05, 0.1) is 27.4 Å². The number of amides is 1. The molecule has 3 aromatic rings. The second kappa shape index (κ2) is 9.59. The van der Waals surface area contributed by atoms with Crippen LogP contribution in [0.2, 0.25) is 0 Å². The lowest BCUT2D eigenvalue weighted by molar-refractivity contribution is 0.0975. The third kappa shape index (κ3) is 5.32. The van der Waals surface area contributed by atoms with Crippen molar-refractivity contribution in [3.05, 3.63) is 65.6 Å². The average Bonchev–Trinajstić information content (AvgIpc) is 3.31. The summed E-state index contributed by atoms with van der Waals surface area (Å²) in [6, 6.07) is 9.34. The van der Waals surface area contributed by atoms with Crippen LogP contribution in [0.3, 0.4) is 0 Å². The third-order valence-electron chi connectivity index (χ3n) is 5.11. The van der Waals surface area contributed by atoms with E-state index in [0.717, 1.165) is 0 Å². The number of hydrogen-bond acceptors (Lipinski definition) is 8. The average molecular weight is 475 g/mol. The highest BCUT2D eigenvalue weighted by Gasteiger charge is 2.28. The Bertz CT molecular complexity index is 1240. The van der Waals surface area contributed by atoms with Gasteiger partial charge in [0.15, 0.2) is 0 Å². The zero-order valence-electron chi connectivity index (χ0n) is 18.8. The number of ether oxygens (including phenoxy) is 2. The first kappa shape index (κ1) is 24.2. The first-order valence-electron chi connectivity index (χ1n) is 9.99. The number of benzene rings is 1. The summed E-state index contributed by atoms with van der Waals surface area (Å²) in [6.45, 7) is 3.71. The molecule has 33 heavy (non-hydrogen) atoms. The molecule has 1 aromatic carbocycles. The summed E-state index contributed by atoms with van der Waals surface area (Å²) in [4.78, 5) is 16.7. The fourth-order valence-electron chi connectivity index (χ4n) is 3.09. The lowest BCUT2D eigenvalue weighted by atomic mass is 9.86. The Hall–Kier alpha value is -3.44. The number of aliphatic hydroxyl groups is 1. The second-order valence-electron chi connectivity index (χ2n) is 7.91. The second-order valence-corrected chi connectivity index (χ2v) is 9.56. The Morgan fingerprint density at radius 2 is 1.94 bits per heavy atom. The molecule has 0 bridgehead atoms. The van der Waals surface area contributed by atoms with E-state index in [1.807, 2.05) is 4.72 Å². The van der Waals surface area contributed by atoms with Gasteiger partial charge in [-0.15, -0.1) is 0 Å². The van der Waals surface area contributed by atoms with Crippen LogP contribution in [0.4, 0.5) is 0 Å². The molecule has 0 saturated heterocycles. The van der Waals surface area contributed by atoms with Crippen LogP contribution in [-0.2, 0) is 22.0 Å². The van der Waals surface area contributed by atoms with E-state index in [9.17, 15) is 18.3 Å². The molecule has 11 heteroatoms. The number of nitrogens with one attached hydrogen (secondary N) is 1. The van der Waals surface area contributed by atoms with Gasteiger partial charge in [0.25, 0.3) is 15.9 Å². The highest BCUT2D eigenvalue weighted by Crippen LogP contribution is 2.31. The van der Waals surface area contributed by atoms with E-state index in [1.165, 1.54) is 32.4 Å². The molecule has 0 radical (unpaired) electrons. The summed E-state index contributed by atoms with van der Waals surface area (Å²) < 4.78 is 40.3. The Morgan fingerprint density at radius 3 is 2.55 bits per heavy atom. The van der Waals surface area contributed by atoms with Gasteiger partial charge in [-0.1, -0.05) is 19.9 Å². The van der Waals surface area contributed by atoms with Crippen LogP contribution in [0, 0.1) is 0 Å². The predicted molar refractivity (Wildman–Crippen MR) is 120 cm³/mol. The predicted octanol–water partition coefficient (Wildman–Crippen LogP) is 1.73. The molecule has 10 nitrogen and oxygen atoms in total. The van der Waals surface area contributed by atoms with Crippen molar-refractivity contribution in [1.82, 2.24) is 19.5 Å². The Balaban J connectivity index is 1.90. The quantitative estimate of drug-likeness (QED) is 0.479. The van der Waals surface area contributed by atoms with Crippen molar-refractivity contribution in [3.8, 4) is 11.6 Å². The number of nitrogens with zero attached hydrogens (tertiary/aromatic N) is 3. The van der Waals surface area contributed by atoms with E-state index in [2.05, 4.69) is 10.1 Å². The Kier molecular flexibility index (Phi) is 7.04. The molecule has 3 rings (SSSR count). The van der Waals surface area contributed by atoms with Crippen molar-refractivity contribution >= 4 is 15.9 Å². The lowest BCUT2D eigenvalue weighted by Crippen LogP contribution is -2.32. The maximum absolute atomic E-state index is 13.1. The lowest BCUT2D eigenvalue weighted by Gasteiger charge is -2.23. The van der Waals surface area contributed by atoms with Crippen LogP contribution in [0.1, 0.15) is 35.5 Å². The van der Waals surface area contributed by atoms with Crippen LogP contribution >= 0.6 is 0 Å². The fourth-order valence-corrected chi connectivity index (χ4v) is 4.25. The van der Waals surface area contributed by atoms with Crippen LogP contribution in [0.5, 0.6) is 11.6 Å². The van der Waals surface area contributed by atoms with Gasteiger partial charge in [0, 0.05) is 23.4 Å². The molecule has 176 valence electrons. The van der Waals surface area contributed by atoms with Crippen LogP contribution in [0.25, 0.3) is 0 Å². The van der Waals surface area contributed by atoms with Crippen molar-refractivity contribution in [3.63, 3.8) is 0 Å². The monoisotopic (exact) mass is 474 g/mol. The molecular weight excluding hydrogens is 448 g/mol. The molecule has 2 aromatic heterocycles. The molecule has 2 N–H and O–H groups in total. The summed E-state index contributed by atoms with van der Waals surface area (Å²) in [7, 11) is -1.57. The number of rotatable bonds is 9. The zero-order valence-corrected chi connectivity index (χ0v) is 19.6. The summed E-state index contributed by atoms with van der Waals surface area (Å²) >= 11 is 0. The molecule has 0 aliphatic rings. The van der Waals surface area contributed by atoms with Gasteiger partial charge in [0.2, 0.25) is 5.88 Å². The van der Waals surface area contributed by atoms with Gasteiger partial charge in [0.1, 0.15) is 16.3 Å². The third-order valence-corrected chi connectivity index (χ3v) is 6.47. The van der Waals surface area contributed by atoms with Crippen molar-refractivity contribution in [2.24, 2.45) is 0 Å². The van der Waals surface area contributed by atoms with Crippen molar-refractivity contribution in [2.75, 3.05) is 20.8 Å². The highest BCUT2D eigenvalue weighted by molar-refractivity contribution is 7.90. The first-order valence-corrected chi connectivity index (χ1v) is 11.5. The van der Waals surface area contributed by atoms with Gasteiger partial charge in [-0.3, -0.25) is 9.48 Å². The van der Waals surface area contributed by atoms with Crippen LogP contribution in [-0.4, -0.2) is 55.0 Å². The molecule has 0 aliphatic carbocycles. The normalized spacial score (nSPS) is 11.8. The number of aromatic nitrogens is 3. The van der Waals surface area contributed by atoms with Crippen molar-refractivity contribution in [1.29, 1.82) is 0 Å². The molecule has 0 fully saturated rings. The van der Waals surface area contributed by atoms with Gasteiger partial charge >= 0.3 is 0 Å². The van der Waals surface area contributed by atoms with Crippen molar-refractivity contribution in [2.45, 2.75) is 30.7 Å². The number of methoxy groups -OCH3 is 2. The zero-order chi connectivity index (χ0) is 24.2. The summed E-state index contributed by atoms with van der Waals surface area (Å²) in [5, 5.41) is 13.8. The smallest absolute Gasteiger partial charge is 0.283 e. The van der Waals surface area contributed by atoms with Gasteiger partial charge in [-0.05, 0) is 35.9 Å². The molecule has 2 heterocycles. The van der Waals surface area contributed by atoms with E-state index in [-0.39, 0.29) is 28.8 Å². The Labute approximate surface area is 192 Å². The molecular formula is C22H26N4O6S. The Morgan fingerprint density at radius 1 is 1.18 bits per heavy atom. The van der Waals surface area contributed by atoms with E-state index in [1.54, 1.807) is 49.1 Å². The van der Waals surface area contributed by atoms with E-state index >= 15 is 0 Å². The van der Waals surface area contributed by atoms with Crippen LogP contribution in [0.15, 0.2) is 53.7 Å². The number of carbonyl (C=O) groups excluding carboxylic acids is 1. The summed E-state index contributed by atoms with van der Waals surface area (Å²) in [5.41, 5.74) is 0.410. The van der Waals surface area contributed by atoms with Gasteiger partial charge in [-0.25, -0.2) is 18.1 Å². The molecule has 0 aliphatic heterocycles. The standard InChI is InChI=1S/C22H26N4O6S/c1-22(2,14-27)16-7-9-18(31-3)19(12-16)33(29,30)25-20(28)17-8-6-15(21(24-17)32-4)13-26-11-5-10-23-26/h5-12,27H,13-14H2,1-4H3,(H,25,28). The molecule has 0 saturated carbocycles. The number of pyridine rings is 1. The van der Waals surface area contributed by atoms with E-state index < -0.39 is 21.3 Å². The largest absolute Gasteiger partial charge is 0.495 e. The minimum atomic E-state index is -4.31. The maximum Gasteiger partial charge on any atom is 0.283 e. The molecule has 1 amide bonds. The minimum Gasteiger partial charge on any atom is -0.495 e. The SMILES string of the molecule is COc1ccc(C(C)(C)CO)cc1S(=O)(=O)NC(=O)c1ccc(Cn2cccn2)c(OC)n1.